The highest BCUT2D eigenvalue weighted by Crippen LogP contribution is 2.31. The van der Waals surface area contributed by atoms with Gasteiger partial charge in [0.1, 0.15) is 6.10 Å². The lowest BCUT2D eigenvalue weighted by atomic mass is 10.2. The molecule has 11 heteroatoms. The lowest BCUT2D eigenvalue weighted by Gasteiger charge is -2.17. The number of aliphatic hydroxyl groups is 1. The number of methoxy groups -OCH3 is 1. The van der Waals surface area contributed by atoms with Crippen LogP contribution in [0.5, 0.6) is 0 Å². The lowest BCUT2D eigenvalue weighted by molar-refractivity contribution is -0.154. The smallest absolute Gasteiger partial charge is 0.392 e. The summed E-state index contributed by atoms with van der Waals surface area (Å²) in [4.78, 5) is 0. The first kappa shape index (κ1) is 26.2. The fraction of sp³-hybridized carbons (Fsp3) is 0.429. The number of hydrogen-bond acceptors (Lipinski definition) is 7. The summed E-state index contributed by atoms with van der Waals surface area (Å²) in [5, 5.41) is 8.54. The van der Waals surface area contributed by atoms with Gasteiger partial charge in [-0.05, 0) is 11.1 Å². The Kier molecular flexibility index (Phi) is 10.1. The Morgan fingerprint density at radius 2 is 1.59 bits per heavy atom. The van der Waals surface area contributed by atoms with E-state index in [0.29, 0.717) is 6.61 Å². The van der Waals surface area contributed by atoms with Gasteiger partial charge in [0.15, 0.2) is 6.29 Å². The van der Waals surface area contributed by atoms with Crippen molar-refractivity contribution >= 4 is 10.1 Å². The Bertz CT molecular complexity index is 893. The molecular formula is C21H25F3O7S. The minimum atomic E-state index is -5.71. The van der Waals surface area contributed by atoms with Crippen LogP contribution in [0.25, 0.3) is 0 Å². The third-order valence-corrected chi connectivity index (χ3v) is 5.40. The van der Waals surface area contributed by atoms with E-state index in [0.717, 1.165) is 11.1 Å². The molecular weight excluding hydrogens is 453 g/mol. The average molecular weight is 478 g/mol. The summed E-state index contributed by atoms with van der Waals surface area (Å²) in [5.74, 6) is 0. The van der Waals surface area contributed by atoms with Crippen molar-refractivity contribution in [2.75, 3.05) is 13.7 Å². The van der Waals surface area contributed by atoms with Crippen molar-refractivity contribution in [1.82, 2.24) is 0 Å². The van der Waals surface area contributed by atoms with Crippen LogP contribution >= 0.6 is 0 Å². The molecule has 0 bridgehead atoms. The summed E-state index contributed by atoms with van der Waals surface area (Å²) in [6.45, 7) is 0.506. The fourth-order valence-corrected chi connectivity index (χ4v) is 3.39. The lowest BCUT2D eigenvalue weighted by Crippen LogP contribution is -2.34. The maximum atomic E-state index is 12.4. The summed E-state index contributed by atoms with van der Waals surface area (Å²) in [6, 6.07) is 18.8. The number of rotatable bonds is 8. The largest absolute Gasteiger partial charge is 0.523 e. The Labute approximate surface area is 184 Å². The van der Waals surface area contributed by atoms with Crippen LogP contribution in [-0.2, 0) is 41.7 Å². The van der Waals surface area contributed by atoms with Gasteiger partial charge in [0.25, 0.3) is 0 Å². The Hall–Kier alpha value is -2.02. The molecule has 1 aliphatic heterocycles. The molecule has 7 nitrogen and oxygen atoms in total. The van der Waals surface area contributed by atoms with E-state index >= 15 is 0 Å². The normalized spacial score (nSPS) is 21.1. The van der Waals surface area contributed by atoms with Crippen molar-refractivity contribution in [2.45, 2.75) is 43.6 Å². The third-order valence-electron chi connectivity index (χ3n) is 4.33. The van der Waals surface area contributed by atoms with Gasteiger partial charge in [0.2, 0.25) is 0 Å². The molecule has 32 heavy (non-hydrogen) atoms. The molecule has 2 unspecified atom stereocenters. The van der Waals surface area contributed by atoms with Crippen LogP contribution in [0.1, 0.15) is 17.5 Å². The standard InChI is InChI=1S/C14H17F3O6S.C7H8O/c1-20-13-12(23-24(18,19)14(15,16)17)7-11(22-13)9-21-8-10-5-3-2-4-6-10;8-6-7-4-2-1-3-5-7/h2-6,11-13H,7-9H2,1H3;1-5,8H,6H2/t11-,12?,13?;/m1./s1. The highest BCUT2D eigenvalue weighted by molar-refractivity contribution is 7.87. The molecule has 0 aliphatic carbocycles. The van der Waals surface area contributed by atoms with Crippen LogP contribution in [-0.4, -0.2) is 51.2 Å². The van der Waals surface area contributed by atoms with Gasteiger partial charge in [-0.2, -0.15) is 21.6 Å². The number of benzene rings is 2. The van der Waals surface area contributed by atoms with Crippen molar-refractivity contribution in [1.29, 1.82) is 0 Å². The van der Waals surface area contributed by atoms with Crippen molar-refractivity contribution in [3.05, 3.63) is 71.8 Å². The van der Waals surface area contributed by atoms with E-state index in [1.165, 1.54) is 7.11 Å². The predicted molar refractivity (Wildman–Crippen MR) is 109 cm³/mol. The molecule has 1 aliphatic rings. The van der Waals surface area contributed by atoms with Gasteiger partial charge in [-0.25, -0.2) is 0 Å². The van der Waals surface area contributed by atoms with E-state index in [9.17, 15) is 21.6 Å². The number of hydrogen-bond donors (Lipinski definition) is 1. The topological polar surface area (TPSA) is 91.3 Å². The minimum absolute atomic E-state index is 0.0701. The van der Waals surface area contributed by atoms with Gasteiger partial charge in [-0.15, -0.1) is 0 Å². The molecule has 1 fully saturated rings. The van der Waals surface area contributed by atoms with Gasteiger partial charge in [-0.3, -0.25) is 4.18 Å². The van der Waals surface area contributed by atoms with Crippen LogP contribution in [0.15, 0.2) is 60.7 Å². The first-order valence-electron chi connectivity index (χ1n) is 9.60. The molecule has 1 saturated heterocycles. The Balaban J connectivity index is 0.000000380. The van der Waals surface area contributed by atoms with Crippen molar-refractivity contribution in [3.63, 3.8) is 0 Å². The average Bonchev–Trinajstić information content (AvgIpc) is 3.15. The van der Waals surface area contributed by atoms with E-state index in [1.54, 1.807) is 0 Å². The molecule has 1 N–H and O–H groups in total. The maximum absolute atomic E-state index is 12.4. The maximum Gasteiger partial charge on any atom is 0.523 e. The molecule has 0 spiro atoms. The second-order valence-electron chi connectivity index (χ2n) is 6.78. The minimum Gasteiger partial charge on any atom is -0.392 e. The quantitative estimate of drug-likeness (QED) is 0.460. The Morgan fingerprint density at radius 3 is 2.06 bits per heavy atom. The van der Waals surface area contributed by atoms with Crippen LogP contribution < -0.4 is 0 Å². The molecule has 1 heterocycles. The third kappa shape index (κ3) is 8.15. The summed E-state index contributed by atoms with van der Waals surface area (Å²) < 4.78 is 79.1. The second kappa shape index (κ2) is 12.3. The molecule has 2 aromatic carbocycles. The highest BCUT2D eigenvalue weighted by Gasteiger charge is 2.51. The van der Waals surface area contributed by atoms with Crippen LogP contribution in [0.4, 0.5) is 13.2 Å². The predicted octanol–water partition coefficient (Wildman–Crippen LogP) is 3.38. The molecule has 3 rings (SSSR count). The molecule has 2 aromatic rings. The molecule has 0 saturated carbocycles. The zero-order valence-electron chi connectivity index (χ0n) is 17.3. The second-order valence-corrected chi connectivity index (χ2v) is 8.34. The van der Waals surface area contributed by atoms with Crippen LogP contribution in [0.2, 0.25) is 0 Å². The van der Waals surface area contributed by atoms with Gasteiger partial charge < -0.3 is 19.3 Å². The van der Waals surface area contributed by atoms with Gasteiger partial charge in [-0.1, -0.05) is 60.7 Å². The zero-order chi connectivity index (χ0) is 23.6. The van der Waals surface area contributed by atoms with Crippen molar-refractivity contribution in [3.8, 4) is 0 Å². The van der Waals surface area contributed by atoms with E-state index < -0.39 is 34.1 Å². The first-order chi connectivity index (χ1) is 15.2. The summed E-state index contributed by atoms with van der Waals surface area (Å²) in [6.07, 6.45) is -3.32. The monoisotopic (exact) mass is 478 g/mol. The number of ether oxygens (including phenoxy) is 3. The van der Waals surface area contributed by atoms with Gasteiger partial charge in [0.05, 0.1) is 25.9 Å². The van der Waals surface area contributed by atoms with Gasteiger partial charge in [0, 0.05) is 13.5 Å². The van der Waals surface area contributed by atoms with E-state index in [4.69, 9.17) is 19.3 Å². The van der Waals surface area contributed by atoms with Crippen LogP contribution in [0, 0.1) is 0 Å². The number of aliphatic hydroxyl groups excluding tert-OH is 1. The SMILES string of the molecule is COC1O[C@@H](COCc2ccccc2)CC1OS(=O)(=O)C(F)(F)F.OCc1ccccc1. The molecule has 178 valence electrons. The fourth-order valence-electron chi connectivity index (χ4n) is 2.79. The number of alkyl halides is 3. The molecule has 0 amide bonds. The zero-order valence-corrected chi connectivity index (χ0v) is 18.1. The van der Waals surface area contributed by atoms with E-state index in [2.05, 4.69) is 4.18 Å². The molecule has 3 atom stereocenters. The first-order valence-corrected chi connectivity index (χ1v) is 11.0. The van der Waals surface area contributed by atoms with Gasteiger partial charge >= 0.3 is 15.6 Å². The summed E-state index contributed by atoms with van der Waals surface area (Å²) >= 11 is 0. The van der Waals surface area contributed by atoms with E-state index in [1.807, 2.05) is 60.7 Å². The molecule has 0 radical (unpaired) electrons. The van der Waals surface area contributed by atoms with Crippen molar-refractivity contribution in [2.24, 2.45) is 0 Å². The summed E-state index contributed by atoms with van der Waals surface area (Å²) in [5.41, 5.74) is -3.61. The summed E-state index contributed by atoms with van der Waals surface area (Å²) in [7, 11) is -4.52. The highest BCUT2D eigenvalue weighted by atomic mass is 32.2. The van der Waals surface area contributed by atoms with E-state index in [-0.39, 0.29) is 19.6 Å². The Morgan fingerprint density at radius 1 is 1.03 bits per heavy atom. The molecule has 0 aromatic heterocycles. The van der Waals surface area contributed by atoms with Crippen molar-refractivity contribution < 1.29 is 45.1 Å². The number of halogens is 3. The van der Waals surface area contributed by atoms with Crippen LogP contribution in [0.3, 0.4) is 0 Å².